The molecule has 182 valence electrons. The average molecular weight is 487 g/mol. The Morgan fingerprint density at radius 1 is 1.12 bits per heavy atom. The van der Waals surface area contributed by atoms with Gasteiger partial charge in [-0.15, -0.1) is 19.8 Å². The van der Waals surface area contributed by atoms with E-state index in [1.165, 1.54) is 0 Å². The second-order valence-corrected chi connectivity index (χ2v) is 6.38. The Hall–Kier alpha value is -2.26. The maximum atomic E-state index is 12.5. The number of alkyl halides is 6. The minimum atomic E-state index is -4.46. The molecule has 0 radical (unpaired) electrons. The predicted molar refractivity (Wildman–Crippen MR) is 119 cm³/mol. The van der Waals surface area contributed by atoms with Crippen LogP contribution >= 0.6 is 11.6 Å². The van der Waals surface area contributed by atoms with E-state index in [-0.39, 0.29) is 5.82 Å². The molecule has 0 bridgehead atoms. The van der Waals surface area contributed by atoms with Crippen molar-refractivity contribution < 1.29 is 31.1 Å². The van der Waals surface area contributed by atoms with Crippen molar-refractivity contribution in [2.24, 2.45) is 0 Å². The fraction of sp³-hybridized carbons (Fsp3) is 0.409. The van der Waals surface area contributed by atoms with Gasteiger partial charge in [0.25, 0.3) is 0 Å². The zero-order chi connectivity index (χ0) is 25.5. The lowest BCUT2D eigenvalue weighted by molar-refractivity contribution is -0.311. The summed E-state index contributed by atoms with van der Waals surface area (Å²) in [5, 5.41) is 0.538. The Bertz CT molecular complexity index is 855. The smallest absolute Gasteiger partial charge is 0.328 e. The first-order valence-electron chi connectivity index (χ1n) is 9.35. The summed E-state index contributed by atoms with van der Waals surface area (Å²) in [6.45, 7) is 14.7. The van der Waals surface area contributed by atoms with Gasteiger partial charge in [0.2, 0.25) is 0 Å². The van der Waals surface area contributed by atoms with E-state index in [0.717, 1.165) is 5.56 Å². The molecule has 2 aromatic rings. The van der Waals surface area contributed by atoms with Crippen molar-refractivity contribution in [1.82, 2.24) is 9.55 Å². The first-order chi connectivity index (χ1) is 14.7. The van der Waals surface area contributed by atoms with Crippen LogP contribution in [0.3, 0.4) is 0 Å². The molecule has 10 heteroatoms. The molecule has 0 spiro atoms. The van der Waals surface area contributed by atoms with Crippen molar-refractivity contribution in [3.63, 3.8) is 0 Å². The molecule has 0 unspecified atom stereocenters. The highest BCUT2D eigenvalue weighted by molar-refractivity contribution is 6.32. The number of ether oxygens (including phenoxy) is 1. The second-order valence-electron chi connectivity index (χ2n) is 5.97. The Kier molecular flexibility index (Phi) is 15.5. The van der Waals surface area contributed by atoms with Gasteiger partial charge in [-0.3, -0.25) is 4.74 Å². The summed E-state index contributed by atoms with van der Waals surface area (Å²) < 4.78 is 73.6. The lowest BCUT2D eigenvalue weighted by Gasteiger charge is -2.08. The molecule has 0 amide bonds. The number of hydrogen-bond acceptors (Lipinski definition) is 2. The molecule has 0 saturated carbocycles. The maximum Gasteiger partial charge on any atom is 0.522 e. The van der Waals surface area contributed by atoms with Gasteiger partial charge in [0, 0.05) is 18.7 Å². The van der Waals surface area contributed by atoms with E-state index < -0.39 is 19.0 Å². The van der Waals surface area contributed by atoms with Crippen LogP contribution in [-0.4, -0.2) is 29.2 Å². The Labute approximate surface area is 190 Å². The molecule has 3 nitrogen and oxygen atoms in total. The first-order valence-corrected chi connectivity index (χ1v) is 9.73. The second kappa shape index (κ2) is 15.5. The summed E-state index contributed by atoms with van der Waals surface area (Å²) in [6.07, 6.45) is -2.41. The van der Waals surface area contributed by atoms with Crippen molar-refractivity contribution in [3.8, 4) is 0 Å². The minimum Gasteiger partial charge on any atom is -0.328 e. The van der Waals surface area contributed by atoms with E-state index in [0.29, 0.717) is 29.7 Å². The standard InChI is InChI=1S/C12H12ClF3N2.C5H8.C3H6.C2H3F3O/c1-3-18-10-5-8(13)7(2)4-9(10)17-11(18)6-12(14,15)16;1-3-5-4-2;1-3-2;1-6-2(3,4)5/h4-5H,3,6H2,1-2H3;3-5H,1H2,2H3;3H,1H2,2H3;1H3/b;5-4-;;. The van der Waals surface area contributed by atoms with E-state index in [1.54, 1.807) is 42.7 Å². The number of aryl methyl sites for hydroxylation is 2. The normalized spacial score (nSPS) is 11.0. The lowest BCUT2D eigenvalue weighted by atomic mass is 10.2. The molecule has 0 atom stereocenters. The Balaban J connectivity index is 0. The van der Waals surface area contributed by atoms with Crippen LogP contribution in [0.15, 0.2) is 49.6 Å². The zero-order valence-corrected chi connectivity index (χ0v) is 19.5. The molecule has 0 fully saturated rings. The zero-order valence-electron chi connectivity index (χ0n) is 18.7. The molecule has 0 aliphatic heterocycles. The van der Waals surface area contributed by atoms with E-state index in [1.807, 2.05) is 26.0 Å². The first kappa shape index (κ1) is 31.9. The molecule has 32 heavy (non-hydrogen) atoms. The van der Waals surface area contributed by atoms with Gasteiger partial charge in [-0.2, -0.15) is 13.2 Å². The SMILES string of the molecule is C=C/C=C\C.C=CC.CCn1c(CC(F)(F)F)nc2cc(C)c(Cl)cc21.COC(F)(F)F. The van der Waals surface area contributed by atoms with Crippen LogP contribution < -0.4 is 0 Å². The van der Waals surface area contributed by atoms with Gasteiger partial charge < -0.3 is 4.57 Å². The summed E-state index contributed by atoms with van der Waals surface area (Å²) in [4.78, 5) is 4.06. The van der Waals surface area contributed by atoms with Gasteiger partial charge in [-0.25, -0.2) is 4.98 Å². The Morgan fingerprint density at radius 2 is 1.62 bits per heavy atom. The largest absolute Gasteiger partial charge is 0.522 e. The highest BCUT2D eigenvalue weighted by Crippen LogP contribution is 2.27. The van der Waals surface area contributed by atoms with Gasteiger partial charge in [-0.1, -0.05) is 42.5 Å². The average Bonchev–Trinajstić information content (AvgIpc) is 2.98. The number of aromatic nitrogens is 2. The number of benzene rings is 1. The third-order valence-corrected chi connectivity index (χ3v) is 3.75. The minimum absolute atomic E-state index is 0.0293. The highest BCUT2D eigenvalue weighted by Gasteiger charge is 2.31. The van der Waals surface area contributed by atoms with Crippen molar-refractivity contribution >= 4 is 22.6 Å². The number of imidazole rings is 1. The highest BCUT2D eigenvalue weighted by atomic mass is 35.5. The summed E-state index contributed by atoms with van der Waals surface area (Å²) in [7, 11) is 0.583. The van der Waals surface area contributed by atoms with Crippen molar-refractivity contribution in [1.29, 1.82) is 0 Å². The molecule has 0 N–H and O–H groups in total. The number of halogens is 7. The molecule has 1 aromatic carbocycles. The number of nitrogens with zero attached hydrogens (tertiary/aromatic N) is 2. The third-order valence-electron chi connectivity index (χ3n) is 3.34. The van der Waals surface area contributed by atoms with E-state index in [9.17, 15) is 26.3 Å². The van der Waals surface area contributed by atoms with Crippen LogP contribution in [0.1, 0.15) is 32.2 Å². The maximum absolute atomic E-state index is 12.5. The molecule has 1 aromatic heterocycles. The molecule has 1 heterocycles. The molecular formula is C22H29ClF6N2O. The van der Waals surface area contributed by atoms with Crippen LogP contribution in [0.4, 0.5) is 26.3 Å². The van der Waals surface area contributed by atoms with Crippen molar-refractivity contribution in [3.05, 3.63) is 66.0 Å². The topological polar surface area (TPSA) is 27.1 Å². The predicted octanol–water partition coefficient (Wildman–Crippen LogP) is 8.22. The summed E-state index contributed by atoms with van der Waals surface area (Å²) in [5.74, 6) is 0.0293. The summed E-state index contributed by atoms with van der Waals surface area (Å²) in [5.41, 5.74) is 2.01. The molecule has 0 aliphatic rings. The van der Waals surface area contributed by atoms with Gasteiger partial charge in [0.1, 0.15) is 12.2 Å². The van der Waals surface area contributed by atoms with Gasteiger partial charge in [-0.05, 0) is 45.4 Å². The monoisotopic (exact) mass is 486 g/mol. The quantitative estimate of drug-likeness (QED) is 0.248. The van der Waals surface area contributed by atoms with Crippen molar-refractivity contribution in [2.75, 3.05) is 7.11 Å². The van der Waals surface area contributed by atoms with Gasteiger partial charge >= 0.3 is 12.5 Å². The summed E-state index contributed by atoms with van der Waals surface area (Å²) in [6, 6.07) is 3.38. The number of fused-ring (bicyclic) bond motifs is 1. The Morgan fingerprint density at radius 3 is 1.94 bits per heavy atom. The lowest BCUT2D eigenvalue weighted by Crippen LogP contribution is -2.16. The summed E-state index contributed by atoms with van der Waals surface area (Å²) >= 11 is 6.00. The third kappa shape index (κ3) is 13.9. The fourth-order valence-electron chi connectivity index (χ4n) is 2.10. The molecule has 0 saturated heterocycles. The van der Waals surface area contributed by atoms with Gasteiger partial charge in [0.05, 0.1) is 11.0 Å². The number of allylic oxidation sites excluding steroid dienone is 4. The number of hydrogen-bond donors (Lipinski definition) is 0. The van der Waals surface area contributed by atoms with Crippen molar-refractivity contribution in [2.45, 2.75) is 53.2 Å². The molecule has 0 aliphatic carbocycles. The van der Waals surface area contributed by atoms with E-state index in [4.69, 9.17) is 11.6 Å². The van der Waals surface area contributed by atoms with Crippen LogP contribution in [0.2, 0.25) is 5.02 Å². The number of methoxy groups -OCH3 is 1. The van der Waals surface area contributed by atoms with Crippen LogP contribution in [-0.2, 0) is 17.7 Å². The van der Waals surface area contributed by atoms with E-state index in [2.05, 4.69) is 22.9 Å². The van der Waals surface area contributed by atoms with Crippen LogP contribution in [0, 0.1) is 6.92 Å². The molecule has 2 rings (SSSR count). The van der Waals surface area contributed by atoms with Gasteiger partial charge in [0.15, 0.2) is 0 Å². The van der Waals surface area contributed by atoms with Crippen LogP contribution in [0.5, 0.6) is 0 Å². The fourth-order valence-corrected chi connectivity index (χ4v) is 2.26. The van der Waals surface area contributed by atoms with Crippen LogP contribution in [0.25, 0.3) is 11.0 Å². The van der Waals surface area contributed by atoms with E-state index >= 15 is 0 Å². The number of rotatable bonds is 3. The molecular weight excluding hydrogens is 458 g/mol.